The van der Waals surface area contributed by atoms with Gasteiger partial charge in [-0.05, 0) is 6.07 Å². The molecule has 1 aromatic carbocycles. The Hall–Kier alpha value is -1.47. The number of morpholine rings is 1. The molecule has 6 nitrogen and oxygen atoms in total. The van der Waals surface area contributed by atoms with E-state index in [2.05, 4.69) is 15.0 Å². The Morgan fingerprint density at radius 1 is 1.38 bits per heavy atom. The molecule has 0 radical (unpaired) electrons. The fourth-order valence-corrected chi connectivity index (χ4v) is 2.67. The lowest BCUT2D eigenvalue weighted by Crippen LogP contribution is -2.38. The first kappa shape index (κ1) is 14.5. The Bertz CT molecular complexity index is 604. The lowest BCUT2D eigenvalue weighted by Gasteiger charge is -2.32. The van der Waals surface area contributed by atoms with Crippen LogP contribution in [0.1, 0.15) is 23.4 Å². The van der Waals surface area contributed by atoms with E-state index >= 15 is 0 Å². The van der Waals surface area contributed by atoms with Crippen molar-refractivity contribution in [2.45, 2.75) is 19.2 Å². The van der Waals surface area contributed by atoms with Gasteiger partial charge in [-0.25, -0.2) is 0 Å². The van der Waals surface area contributed by atoms with Crippen LogP contribution in [0, 0.1) is 0 Å². The zero-order chi connectivity index (χ0) is 14.7. The maximum absolute atomic E-state index is 6.24. The second-order valence-corrected chi connectivity index (χ2v) is 5.33. The number of rotatable bonds is 4. The van der Waals surface area contributed by atoms with Crippen molar-refractivity contribution in [2.24, 2.45) is 5.73 Å². The van der Waals surface area contributed by atoms with Crippen molar-refractivity contribution in [1.29, 1.82) is 0 Å². The molecule has 2 N–H and O–H groups in total. The molecule has 0 aliphatic carbocycles. The first-order valence-corrected chi connectivity index (χ1v) is 7.24. The van der Waals surface area contributed by atoms with Gasteiger partial charge in [0.1, 0.15) is 0 Å². The number of hydrogen-bond donors (Lipinski definition) is 1. The summed E-state index contributed by atoms with van der Waals surface area (Å²) in [6.45, 7) is 3.10. The van der Waals surface area contributed by atoms with E-state index in [0.717, 1.165) is 23.7 Å². The second-order valence-electron chi connectivity index (χ2n) is 4.92. The number of aromatic nitrogens is 2. The molecule has 1 saturated heterocycles. The summed E-state index contributed by atoms with van der Waals surface area (Å²) in [5.41, 5.74) is 6.48. The lowest BCUT2D eigenvalue weighted by atomic mass is 10.1. The van der Waals surface area contributed by atoms with Gasteiger partial charge in [0.15, 0.2) is 5.82 Å². The van der Waals surface area contributed by atoms with Crippen molar-refractivity contribution in [3.8, 4) is 0 Å². The quantitative estimate of drug-likeness (QED) is 0.927. The third kappa shape index (κ3) is 3.41. The highest BCUT2D eigenvalue weighted by atomic mass is 35.5. The number of halogens is 1. The molecule has 2 heterocycles. The van der Waals surface area contributed by atoms with Gasteiger partial charge in [0.25, 0.3) is 0 Å². The normalized spacial score (nSPS) is 19.8. The predicted octanol–water partition coefficient (Wildman–Crippen LogP) is 1.76. The van der Waals surface area contributed by atoms with Crippen molar-refractivity contribution >= 4 is 11.6 Å². The summed E-state index contributed by atoms with van der Waals surface area (Å²) in [7, 11) is 0. The van der Waals surface area contributed by atoms with Gasteiger partial charge < -0.3 is 15.0 Å². The van der Waals surface area contributed by atoms with E-state index in [1.807, 2.05) is 24.3 Å². The standard InChI is InChI=1S/C14H17ClN4O2/c15-11-4-2-1-3-10(11)12-8-19(5-6-20-12)9-13-17-14(7-16)21-18-13/h1-4,12H,5-9,16H2. The number of hydrogen-bond acceptors (Lipinski definition) is 6. The minimum absolute atomic E-state index is 0.0340. The molecule has 0 amide bonds. The smallest absolute Gasteiger partial charge is 0.240 e. The van der Waals surface area contributed by atoms with Crippen molar-refractivity contribution in [2.75, 3.05) is 19.7 Å². The molecule has 1 unspecified atom stereocenters. The van der Waals surface area contributed by atoms with Crippen LogP contribution in [0.4, 0.5) is 0 Å². The fourth-order valence-electron chi connectivity index (χ4n) is 2.41. The average molecular weight is 309 g/mol. The third-order valence-electron chi connectivity index (χ3n) is 3.45. The minimum atomic E-state index is -0.0340. The Balaban J connectivity index is 1.67. The molecule has 1 aromatic heterocycles. The second kappa shape index (κ2) is 6.53. The molecule has 2 aromatic rings. The number of benzene rings is 1. The summed E-state index contributed by atoms with van der Waals surface area (Å²) in [5, 5.41) is 4.65. The van der Waals surface area contributed by atoms with E-state index in [9.17, 15) is 0 Å². The maximum atomic E-state index is 6.24. The minimum Gasteiger partial charge on any atom is -0.371 e. The summed E-state index contributed by atoms with van der Waals surface area (Å²) >= 11 is 6.24. The molecule has 21 heavy (non-hydrogen) atoms. The predicted molar refractivity (Wildman–Crippen MR) is 77.6 cm³/mol. The summed E-state index contributed by atoms with van der Waals surface area (Å²) in [4.78, 5) is 6.45. The first-order valence-electron chi connectivity index (χ1n) is 6.86. The van der Waals surface area contributed by atoms with Gasteiger partial charge in [0.05, 0.1) is 25.8 Å². The van der Waals surface area contributed by atoms with Crippen LogP contribution in [0.5, 0.6) is 0 Å². The summed E-state index contributed by atoms with van der Waals surface area (Å²) in [6, 6.07) is 7.76. The molecule has 0 spiro atoms. The molecule has 112 valence electrons. The van der Waals surface area contributed by atoms with Crippen LogP contribution in [-0.4, -0.2) is 34.7 Å². The van der Waals surface area contributed by atoms with Crippen LogP contribution < -0.4 is 5.73 Å². The van der Waals surface area contributed by atoms with Crippen LogP contribution in [0.2, 0.25) is 5.02 Å². The molecule has 1 fully saturated rings. The van der Waals surface area contributed by atoms with Crippen molar-refractivity contribution in [3.63, 3.8) is 0 Å². The highest BCUT2D eigenvalue weighted by Crippen LogP contribution is 2.28. The van der Waals surface area contributed by atoms with Gasteiger partial charge in [-0.15, -0.1) is 0 Å². The van der Waals surface area contributed by atoms with E-state index in [4.69, 9.17) is 26.6 Å². The Morgan fingerprint density at radius 2 is 2.24 bits per heavy atom. The topological polar surface area (TPSA) is 77.4 Å². The van der Waals surface area contributed by atoms with E-state index in [0.29, 0.717) is 24.9 Å². The molecular weight excluding hydrogens is 292 g/mol. The van der Waals surface area contributed by atoms with E-state index in [1.165, 1.54) is 0 Å². The molecular formula is C14H17ClN4O2. The van der Waals surface area contributed by atoms with Crippen molar-refractivity contribution in [1.82, 2.24) is 15.0 Å². The monoisotopic (exact) mass is 308 g/mol. The van der Waals surface area contributed by atoms with Gasteiger partial charge >= 0.3 is 0 Å². The van der Waals surface area contributed by atoms with Crippen LogP contribution in [0.3, 0.4) is 0 Å². The van der Waals surface area contributed by atoms with Crippen molar-refractivity contribution in [3.05, 3.63) is 46.6 Å². The SMILES string of the molecule is NCc1nc(CN2CCOC(c3ccccc3Cl)C2)no1. The first-order chi connectivity index (χ1) is 10.3. The Kier molecular flexibility index (Phi) is 4.50. The summed E-state index contributed by atoms with van der Waals surface area (Å²) < 4.78 is 10.8. The molecule has 7 heteroatoms. The van der Waals surface area contributed by atoms with Crippen LogP contribution in [-0.2, 0) is 17.8 Å². The average Bonchev–Trinajstić information content (AvgIpc) is 2.96. The zero-order valence-corrected chi connectivity index (χ0v) is 12.3. The molecule has 3 rings (SSSR count). The number of nitrogens with zero attached hydrogens (tertiary/aromatic N) is 3. The third-order valence-corrected chi connectivity index (χ3v) is 3.80. The largest absolute Gasteiger partial charge is 0.371 e. The maximum Gasteiger partial charge on any atom is 0.240 e. The Labute approximate surface area is 127 Å². The van der Waals surface area contributed by atoms with Crippen LogP contribution >= 0.6 is 11.6 Å². The van der Waals surface area contributed by atoms with Gasteiger partial charge in [0, 0.05) is 23.7 Å². The van der Waals surface area contributed by atoms with Gasteiger partial charge in [0.2, 0.25) is 5.89 Å². The van der Waals surface area contributed by atoms with Gasteiger partial charge in [-0.2, -0.15) is 4.98 Å². The highest BCUT2D eigenvalue weighted by Gasteiger charge is 2.24. The molecule has 1 atom stereocenters. The van der Waals surface area contributed by atoms with Crippen LogP contribution in [0.25, 0.3) is 0 Å². The van der Waals surface area contributed by atoms with Gasteiger partial charge in [-0.3, -0.25) is 4.90 Å². The molecule has 1 aliphatic rings. The van der Waals surface area contributed by atoms with Crippen molar-refractivity contribution < 1.29 is 9.26 Å². The lowest BCUT2D eigenvalue weighted by molar-refractivity contribution is -0.0337. The molecule has 0 bridgehead atoms. The number of ether oxygens (including phenoxy) is 1. The van der Waals surface area contributed by atoms with E-state index in [1.54, 1.807) is 0 Å². The summed E-state index contributed by atoms with van der Waals surface area (Å²) in [6.07, 6.45) is -0.0340. The highest BCUT2D eigenvalue weighted by molar-refractivity contribution is 6.31. The molecule has 1 aliphatic heterocycles. The summed E-state index contributed by atoms with van der Waals surface area (Å²) in [5.74, 6) is 1.11. The molecule has 0 saturated carbocycles. The van der Waals surface area contributed by atoms with E-state index in [-0.39, 0.29) is 12.6 Å². The van der Waals surface area contributed by atoms with Crippen LogP contribution in [0.15, 0.2) is 28.8 Å². The van der Waals surface area contributed by atoms with Gasteiger partial charge in [-0.1, -0.05) is 35.0 Å². The number of nitrogens with two attached hydrogens (primary N) is 1. The fraction of sp³-hybridized carbons (Fsp3) is 0.429. The Morgan fingerprint density at radius 3 is 3.00 bits per heavy atom. The van der Waals surface area contributed by atoms with E-state index < -0.39 is 0 Å². The zero-order valence-electron chi connectivity index (χ0n) is 11.5.